The number of anilines is 1. The van der Waals surface area contributed by atoms with E-state index in [1.54, 1.807) is 0 Å². The minimum absolute atomic E-state index is 0.687. The molecular weight excluding hydrogens is 292 g/mol. The first-order valence-electron chi connectivity index (χ1n) is 5.65. The van der Waals surface area contributed by atoms with Crippen LogP contribution in [0.15, 0.2) is 28.7 Å². The predicted octanol–water partition coefficient (Wildman–Crippen LogP) is 2.73. The molecular formula is C13H15BrN4. The van der Waals surface area contributed by atoms with E-state index in [0.29, 0.717) is 12.2 Å². The van der Waals surface area contributed by atoms with Gasteiger partial charge in [0.15, 0.2) is 0 Å². The maximum Gasteiger partial charge on any atom is 0.146 e. The summed E-state index contributed by atoms with van der Waals surface area (Å²) in [5, 5.41) is 0. The average Bonchev–Trinajstić information content (AvgIpc) is 2.33. The summed E-state index contributed by atoms with van der Waals surface area (Å²) in [6, 6.07) is 8.12. The molecule has 2 rings (SSSR count). The van der Waals surface area contributed by atoms with Gasteiger partial charge in [0.1, 0.15) is 11.6 Å². The second kappa shape index (κ2) is 5.46. The molecule has 0 aliphatic rings. The van der Waals surface area contributed by atoms with Crippen LogP contribution in [-0.4, -0.2) is 9.97 Å². The Morgan fingerprint density at radius 1 is 1.28 bits per heavy atom. The number of halogens is 1. The molecule has 0 saturated carbocycles. The summed E-state index contributed by atoms with van der Waals surface area (Å²) in [5.74, 6) is 6.91. The Morgan fingerprint density at radius 3 is 2.72 bits per heavy atom. The van der Waals surface area contributed by atoms with Crippen LogP contribution >= 0.6 is 15.9 Å². The van der Waals surface area contributed by atoms with Crippen LogP contribution in [0.1, 0.15) is 22.6 Å². The van der Waals surface area contributed by atoms with Crippen LogP contribution in [0.3, 0.4) is 0 Å². The number of aromatic nitrogens is 2. The van der Waals surface area contributed by atoms with Gasteiger partial charge < -0.3 is 5.43 Å². The van der Waals surface area contributed by atoms with Gasteiger partial charge >= 0.3 is 0 Å². The molecule has 1 heterocycles. The van der Waals surface area contributed by atoms with E-state index in [1.165, 1.54) is 0 Å². The number of hydrogen-bond acceptors (Lipinski definition) is 4. The van der Waals surface area contributed by atoms with E-state index in [2.05, 4.69) is 43.5 Å². The van der Waals surface area contributed by atoms with Crippen LogP contribution in [0.5, 0.6) is 0 Å². The van der Waals surface area contributed by atoms with Gasteiger partial charge in [-0.15, -0.1) is 0 Å². The van der Waals surface area contributed by atoms with Gasteiger partial charge in [-0.3, -0.25) is 0 Å². The van der Waals surface area contributed by atoms with Crippen LogP contribution in [0.2, 0.25) is 0 Å². The zero-order valence-electron chi connectivity index (χ0n) is 10.4. The van der Waals surface area contributed by atoms with Crippen molar-refractivity contribution in [1.82, 2.24) is 9.97 Å². The molecule has 4 nitrogen and oxygen atoms in total. The van der Waals surface area contributed by atoms with Gasteiger partial charge in [0.25, 0.3) is 0 Å². The second-order valence-electron chi connectivity index (χ2n) is 4.15. The monoisotopic (exact) mass is 306 g/mol. The molecule has 94 valence electrons. The molecule has 18 heavy (non-hydrogen) atoms. The third-order valence-electron chi connectivity index (χ3n) is 2.82. The van der Waals surface area contributed by atoms with E-state index in [0.717, 1.165) is 27.1 Å². The minimum atomic E-state index is 0.687. The quantitative estimate of drug-likeness (QED) is 0.676. The first-order chi connectivity index (χ1) is 8.60. The normalized spacial score (nSPS) is 10.4. The fraction of sp³-hybridized carbons (Fsp3) is 0.231. The van der Waals surface area contributed by atoms with Crippen molar-refractivity contribution in [3.05, 3.63) is 51.4 Å². The number of benzene rings is 1. The number of rotatable bonds is 3. The number of hydrazine groups is 1. The molecule has 0 spiro atoms. The standard InChI is InChI=1S/C13H15BrN4/c1-8-9(2)16-12(17-13(8)18-15)7-10-4-3-5-11(14)6-10/h3-6H,7,15H2,1-2H3,(H,16,17,18). The Balaban J connectivity index is 2.32. The van der Waals surface area contributed by atoms with Crippen molar-refractivity contribution in [1.29, 1.82) is 0 Å². The van der Waals surface area contributed by atoms with Crippen LogP contribution in [0.4, 0.5) is 5.82 Å². The third kappa shape index (κ3) is 2.86. The van der Waals surface area contributed by atoms with Gasteiger partial charge in [-0.2, -0.15) is 0 Å². The number of nitrogens with zero attached hydrogens (tertiary/aromatic N) is 2. The van der Waals surface area contributed by atoms with Crippen LogP contribution < -0.4 is 11.3 Å². The van der Waals surface area contributed by atoms with Gasteiger partial charge in [0, 0.05) is 22.2 Å². The van der Waals surface area contributed by atoms with Gasteiger partial charge in [0.2, 0.25) is 0 Å². The number of aryl methyl sites for hydroxylation is 1. The van der Waals surface area contributed by atoms with E-state index < -0.39 is 0 Å². The summed E-state index contributed by atoms with van der Waals surface area (Å²) in [7, 11) is 0. The largest absolute Gasteiger partial charge is 0.308 e. The van der Waals surface area contributed by atoms with Crippen LogP contribution in [0, 0.1) is 13.8 Å². The molecule has 0 unspecified atom stereocenters. The van der Waals surface area contributed by atoms with E-state index in [1.807, 2.05) is 26.0 Å². The topological polar surface area (TPSA) is 63.8 Å². The Bertz CT molecular complexity index is 569. The summed E-state index contributed by atoms with van der Waals surface area (Å²) in [4.78, 5) is 8.90. The number of nitrogens with one attached hydrogen (secondary N) is 1. The SMILES string of the molecule is Cc1nc(Cc2cccc(Br)c2)nc(NN)c1C. The number of nitrogen functional groups attached to an aromatic ring is 1. The van der Waals surface area contributed by atoms with Crippen molar-refractivity contribution < 1.29 is 0 Å². The highest BCUT2D eigenvalue weighted by Crippen LogP contribution is 2.17. The lowest BCUT2D eigenvalue weighted by Gasteiger charge is -2.09. The zero-order chi connectivity index (χ0) is 13.1. The molecule has 0 aliphatic carbocycles. The molecule has 0 atom stereocenters. The Hall–Kier alpha value is -1.46. The maximum atomic E-state index is 5.46. The summed E-state index contributed by atoms with van der Waals surface area (Å²) >= 11 is 3.46. The second-order valence-corrected chi connectivity index (χ2v) is 5.07. The first-order valence-corrected chi connectivity index (χ1v) is 6.44. The molecule has 5 heteroatoms. The first kappa shape index (κ1) is 13.0. The van der Waals surface area contributed by atoms with Gasteiger partial charge in [-0.1, -0.05) is 28.1 Å². The summed E-state index contributed by atoms with van der Waals surface area (Å²) in [6.07, 6.45) is 0.690. The molecule has 0 fully saturated rings. The van der Waals surface area contributed by atoms with Crippen LogP contribution in [-0.2, 0) is 6.42 Å². The molecule has 2 aromatic rings. The summed E-state index contributed by atoms with van der Waals surface area (Å²) in [6.45, 7) is 3.91. The van der Waals surface area contributed by atoms with E-state index >= 15 is 0 Å². The Morgan fingerprint density at radius 2 is 2.06 bits per heavy atom. The van der Waals surface area contributed by atoms with Crippen molar-refractivity contribution in [2.75, 3.05) is 5.43 Å². The van der Waals surface area contributed by atoms with Crippen molar-refractivity contribution in [3.63, 3.8) is 0 Å². The third-order valence-corrected chi connectivity index (χ3v) is 3.32. The van der Waals surface area contributed by atoms with Crippen molar-refractivity contribution in [2.45, 2.75) is 20.3 Å². The molecule has 0 bridgehead atoms. The highest BCUT2D eigenvalue weighted by Gasteiger charge is 2.07. The maximum absolute atomic E-state index is 5.46. The lowest BCUT2D eigenvalue weighted by atomic mass is 10.1. The smallest absolute Gasteiger partial charge is 0.146 e. The Kier molecular flexibility index (Phi) is 3.93. The predicted molar refractivity (Wildman–Crippen MR) is 76.3 cm³/mol. The van der Waals surface area contributed by atoms with Crippen molar-refractivity contribution in [2.24, 2.45) is 5.84 Å². The zero-order valence-corrected chi connectivity index (χ0v) is 12.0. The molecule has 0 saturated heterocycles. The highest BCUT2D eigenvalue weighted by atomic mass is 79.9. The molecule has 0 amide bonds. The van der Waals surface area contributed by atoms with Crippen molar-refractivity contribution in [3.8, 4) is 0 Å². The molecule has 0 radical (unpaired) electrons. The lowest BCUT2D eigenvalue weighted by molar-refractivity contribution is 0.925. The fourth-order valence-electron chi connectivity index (χ4n) is 1.74. The fourth-order valence-corrected chi connectivity index (χ4v) is 2.18. The molecule has 0 aliphatic heterocycles. The van der Waals surface area contributed by atoms with Crippen molar-refractivity contribution >= 4 is 21.7 Å². The van der Waals surface area contributed by atoms with Gasteiger partial charge in [0.05, 0.1) is 0 Å². The number of hydrogen-bond donors (Lipinski definition) is 2. The Labute approximate surface area is 115 Å². The van der Waals surface area contributed by atoms with E-state index in [9.17, 15) is 0 Å². The average molecular weight is 307 g/mol. The van der Waals surface area contributed by atoms with E-state index in [4.69, 9.17) is 5.84 Å². The van der Waals surface area contributed by atoms with E-state index in [-0.39, 0.29) is 0 Å². The summed E-state index contributed by atoms with van der Waals surface area (Å²) in [5.41, 5.74) is 5.70. The summed E-state index contributed by atoms with van der Waals surface area (Å²) < 4.78 is 1.06. The molecule has 1 aromatic carbocycles. The lowest BCUT2D eigenvalue weighted by Crippen LogP contribution is -2.13. The highest BCUT2D eigenvalue weighted by molar-refractivity contribution is 9.10. The van der Waals surface area contributed by atoms with Gasteiger partial charge in [-0.05, 0) is 31.5 Å². The number of nitrogens with two attached hydrogens (primary N) is 1. The molecule has 1 aromatic heterocycles. The van der Waals surface area contributed by atoms with Gasteiger partial charge in [-0.25, -0.2) is 15.8 Å². The van der Waals surface area contributed by atoms with Crippen LogP contribution in [0.25, 0.3) is 0 Å². The minimum Gasteiger partial charge on any atom is -0.308 e. The molecule has 3 N–H and O–H groups in total.